The van der Waals surface area contributed by atoms with Crippen LogP contribution in [0.4, 0.5) is 14.5 Å². The van der Waals surface area contributed by atoms with Crippen LogP contribution in [0.3, 0.4) is 0 Å². The zero-order valence-electron chi connectivity index (χ0n) is 7.55. The van der Waals surface area contributed by atoms with E-state index in [9.17, 15) is 13.6 Å². The van der Waals surface area contributed by atoms with Crippen molar-refractivity contribution in [3.8, 4) is 11.8 Å². The number of halogens is 2. The van der Waals surface area contributed by atoms with Crippen LogP contribution >= 0.6 is 0 Å². The SMILES string of the molecule is Nc1cc(F)c(F)cc1C#CCC(=O)O. The number of carbonyl (C=O) groups is 1. The molecular formula is C10H7F2NO2. The highest BCUT2D eigenvalue weighted by Crippen LogP contribution is 2.15. The van der Waals surface area contributed by atoms with E-state index in [0.717, 1.165) is 12.1 Å². The fourth-order valence-corrected chi connectivity index (χ4v) is 0.886. The summed E-state index contributed by atoms with van der Waals surface area (Å²) in [6, 6.07) is 1.64. The van der Waals surface area contributed by atoms with E-state index in [0.29, 0.717) is 0 Å². The highest BCUT2D eigenvalue weighted by atomic mass is 19.2. The van der Waals surface area contributed by atoms with Gasteiger partial charge in [-0.25, -0.2) is 8.78 Å². The zero-order chi connectivity index (χ0) is 11.4. The molecule has 0 atom stereocenters. The molecule has 1 aromatic rings. The molecule has 0 aliphatic heterocycles. The first kappa shape index (κ1) is 11.0. The Balaban J connectivity index is 2.98. The van der Waals surface area contributed by atoms with Crippen LogP contribution < -0.4 is 5.73 Å². The number of nitrogen functional groups attached to an aromatic ring is 1. The normalized spacial score (nSPS) is 9.20. The first-order valence-corrected chi connectivity index (χ1v) is 3.96. The number of nitrogens with two attached hydrogens (primary N) is 1. The second-order valence-corrected chi connectivity index (χ2v) is 2.73. The zero-order valence-corrected chi connectivity index (χ0v) is 7.55. The molecule has 0 aromatic heterocycles. The Bertz CT molecular complexity index is 460. The lowest BCUT2D eigenvalue weighted by atomic mass is 10.1. The third-order valence-electron chi connectivity index (χ3n) is 1.56. The van der Waals surface area contributed by atoms with Crippen molar-refractivity contribution < 1.29 is 18.7 Å². The predicted octanol–water partition coefficient (Wildman–Crippen LogP) is 1.37. The summed E-state index contributed by atoms with van der Waals surface area (Å²) < 4.78 is 25.3. The van der Waals surface area contributed by atoms with Crippen molar-refractivity contribution >= 4 is 11.7 Å². The van der Waals surface area contributed by atoms with E-state index in [1.807, 2.05) is 0 Å². The lowest BCUT2D eigenvalue weighted by Crippen LogP contribution is -1.95. The van der Waals surface area contributed by atoms with E-state index >= 15 is 0 Å². The minimum absolute atomic E-state index is 0.0215. The summed E-state index contributed by atoms with van der Waals surface area (Å²) in [6.45, 7) is 0. The number of hydrogen-bond acceptors (Lipinski definition) is 2. The maximum Gasteiger partial charge on any atom is 0.315 e. The van der Waals surface area contributed by atoms with E-state index in [4.69, 9.17) is 10.8 Å². The van der Waals surface area contributed by atoms with Crippen LogP contribution in [-0.2, 0) is 4.79 Å². The molecule has 5 heteroatoms. The van der Waals surface area contributed by atoms with Crippen LogP contribution in [0.15, 0.2) is 12.1 Å². The molecular weight excluding hydrogens is 204 g/mol. The summed E-state index contributed by atoms with van der Waals surface area (Å²) in [5.74, 6) is 1.40. The summed E-state index contributed by atoms with van der Waals surface area (Å²) in [4.78, 5) is 10.1. The van der Waals surface area contributed by atoms with E-state index in [1.165, 1.54) is 0 Å². The first-order valence-electron chi connectivity index (χ1n) is 3.96. The number of carboxylic acid groups (broad SMARTS) is 1. The first-order chi connectivity index (χ1) is 7.00. The minimum atomic E-state index is -1.09. The van der Waals surface area contributed by atoms with Crippen molar-refractivity contribution in [2.24, 2.45) is 0 Å². The lowest BCUT2D eigenvalue weighted by molar-refractivity contribution is -0.135. The van der Waals surface area contributed by atoms with Gasteiger partial charge >= 0.3 is 5.97 Å². The van der Waals surface area contributed by atoms with Gasteiger partial charge in [0.05, 0.1) is 11.3 Å². The second-order valence-electron chi connectivity index (χ2n) is 2.73. The van der Waals surface area contributed by atoms with Crippen LogP contribution in [0.5, 0.6) is 0 Å². The molecule has 0 radical (unpaired) electrons. The molecule has 0 spiro atoms. The molecule has 0 fully saturated rings. The van der Waals surface area contributed by atoms with Gasteiger partial charge in [-0.3, -0.25) is 4.79 Å². The maximum absolute atomic E-state index is 12.7. The van der Waals surface area contributed by atoms with Crippen LogP contribution in [-0.4, -0.2) is 11.1 Å². The Morgan fingerprint density at radius 1 is 1.40 bits per heavy atom. The van der Waals surface area contributed by atoms with Crippen molar-refractivity contribution in [3.63, 3.8) is 0 Å². The molecule has 78 valence electrons. The van der Waals surface area contributed by atoms with Gasteiger partial charge in [-0.05, 0) is 6.07 Å². The Morgan fingerprint density at radius 2 is 2.00 bits per heavy atom. The van der Waals surface area contributed by atoms with Crippen molar-refractivity contribution in [2.45, 2.75) is 6.42 Å². The largest absolute Gasteiger partial charge is 0.481 e. The van der Waals surface area contributed by atoms with Crippen LogP contribution in [0.2, 0.25) is 0 Å². The van der Waals surface area contributed by atoms with E-state index in [1.54, 1.807) is 0 Å². The van der Waals surface area contributed by atoms with Gasteiger partial charge in [0.2, 0.25) is 0 Å². The third kappa shape index (κ3) is 2.95. The molecule has 0 unspecified atom stereocenters. The molecule has 3 N–H and O–H groups in total. The van der Waals surface area contributed by atoms with Gasteiger partial charge in [0.25, 0.3) is 0 Å². The summed E-state index contributed by atoms with van der Waals surface area (Å²) in [5, 5.41) is 8.29. The minimum Gasteiger partial charge on any atom is -0.481 e. The quantitative estimate of drug-likeness (QED) is 0.544. The highest BCUT2D eigenvalue weighted by Gasteiger charge is 2.05. The fourth-order valence-electron chi connectivity index (χ4n) is 0.886. The van der Waals surface area contributed by atoms with Crippen molar-refractivity contribution in [2.75, 3.05) is 5.73 Å². The van der Waals surface area contributed by atoms with E-state index in [2.05, 4.69) is 11.8 Å². The summed E-state index contributed by atoms with van der Waals surface area (Å²) in [6.07, 6.45) is -0.377. The Hall–Kier alpha value is -2.09. The molecule has 0 saturated heterocycles. The summed E-state index contributed by atoms with van der Waals surface area (Å²) >= 11 is 0. The molecule has 0 heterocycles. The molecule has 1 aromatic carbocycles. The van der Waals surface area contributed by atoms with Gasteiger partial charge in [0, 0.05) is 6.07 Å². The number of anilines is 1. The molecule has 1 rings (SSSR count). The van der Waals surface area contributed by atoms with Gasteiger partial charge in [-0.2, -0.15) is 0 Å². The van der Waals surface area contributed by atoms with Gasteiger partial charge in [0.1, 0.15) is 6.42 Å². The average Bonchev–Trinajstić information content (AvgIpc) is 2.13. The predicted molar refractivity (Wildman–Crippen MR) is 49.9 cm³/mol. The Labute approximate surface area is 84.5 Å². The van der Waals surface area contributed by atoms with Crippen LogP contribution in [0.25, 0.3) is 0 Å². The number of hydrogen-bond donors (Lipinski definition) is 2. The monoisotopic (exact) mass is 211 g/mol. The van der Waals surface area contributed by atoms with Crippen LogP contribution in [0.1, 0.15) is 12.0 Å². The summed E-state index contributed by atoms with van der Waals surface area (Å²) in [7, 11) is 0. The van der Waals surface area contributed by atoms with Crippen molar-refractivity contribution in [1.82, 2.24) is 0 Å². The molecule has 0 bridgehead atoms. The molecule has 0 saturated carbocycles. The number of rotatable bonds is 1. The summed E-state index contributed by atoms with van der Waals surface area (Å²) in [5.41, 5.74) is 5.41. The molecule has 15 heavy (non-hydrogen) atoms. The van der Waals surface area contributed by atoms with Crippen molar-refractivity contribution in [1.29, 1.82) is 0 Å². The van der Waals surface area contributed by atoms with Gasteiger partial charge in [-0.15, -0.1) is 0 Å². The van der Waals surface area contributed by atoms with Crippen molar-refractivity contribution in [3.05, 3.63) is 29.3 Å². The average molecular weight is 211 g/mol. The Kier molecular flexibility index (Phi) is 3.24. The number of carboxylic acids is 1. The Morgan fingerprint density at radius 3 is 2.60 bits per heavy atom. The highest BCUT2D eigenvalue weighted by molar-refractivity contribution is 5.70. The molecule has 0 aliphatic carbocycles. The van der Waals surface area contributed by atoms with E-state index < -0.39 is 17.6 Å². The maximum atomic E-state index is 12.7. The molecule has 3 nitrogen and oxygen atoms in total. The third-order valence-corrected chi connectivity index (χ3v) is 1.56. The number of aliphatic carboxylic acids is 1. The topological polar surface area (TPSA) is 63.3 Å². The van der Waals surface area contributed by atoms with E-state index in [-0.39, 0.29) is 17.7 Å². The van der Waals surface area contributed by atoms with Gasteiger partial charge in [-0.1, -0.05) is 11.8 Å². The molecule has 0 aliphatic rings. The van der Waals surface area contributed by atoms with Gasteiger partial charge < -0.3 is 10.8 Å². The van der Waals surface area contributed by atoms with Gasteiger partial charge in [0.15, 0.2) is 11.6 Å². The second kappa shape index (κ2) is 4.42. The standard InChI is InChI=1S/C10H7F2NO2/c11-7-4-6(2-1-3-10(14)15)9(13)5-8(7)12/h4-5H,3,13H2,(H,14,15). The molecule has 0 amide bonds. The lowest BCUT2D eigenvalue weighted by Gasteiger charge is -1.98. The smallest absolute Gasteiger partial charge is 0.315 e. The fraction of sp³-hybridized carbons (Fsp3) is 0.100. The van der Waals surface area contributed by atoms with Crippen LogP contribution in [0, 0.1) is 23.5 Å². The number of benzene rings is 1.